The van der Waals surface area contributed by atoms with Crippen LogP contribution in [0.15, 0.2) is 22.7 Å². The Morgan fingerprint density at radius 2 is 2.00 bits per heavy atom. The van der Waals surface area contributed by atoms with Gasteiger partial charge in [0.15, 0.2) is 0 Å². The molecule has 0 saturated heterocycles. The molecule has 0 atom stereocenters. The van der Waals surface area contributed by atoms with Crippen LogP contribution in [0, 0.1) is 0 Å². The number of hydrogen-bond acceptors (Lipinski definition) is 3. The van der Waals surface area contributed by atoms with Crippen LogP contribution in [0.3, 0.4) is 0 Å². The van der Waals surface area contributed by atoms with Crippen molar-refractivity contribution in [3.63, 3.8) is 0 Å². The summed E-state index contributed by atoms with van der Waals surface area (Å²) in [6, 6.07) is 3.54. The Morgan fingerprint density at radius 1 is 1.38 bits per heavy atom. The van der Waals surface area contributed by atoms with Crippen LogP contribution in [0.4, 0.5) is 13.2 Å². The topological polar surface area (TPSA) is 35.5 Å². The van der Waals surface area contributed by atoms with E-state index in [4.69, 9.17) is 0 Å². The van der Waals surface area contributed by atoms with Crippen molar-refractivity contribution >= 4 is 21.9 Å². The molecule has 0 radical (unpaired) electrons. The molecule has 0 heterocycles. The smallest absolute Gasteiger partial charge is 0.465 e. The van der Waals surface area contributed by atoms with E-state index in [-0.39, 0.29) is 10.0 Å². The molecule has 0 saturated carbocycles. The van der Waals surface area contributed by atoms with Gasteiger partial charge in [-0.05, 0) is 34.1 Å². The van der Waals surface area contributed by atoms with Gasteiger partial charge in [-0.2, -0.15) is 0 Å². The average molecular weight is 299 g/mol. The molecule has 0 bridgehead atoms. The van der Waals surface area contributed by atoms with Crippen molar-refractivity contribution in [3.8, 4) is 5.75 Å². The minimum Gasteiger partial charge on any atom is -0.465 e. The first-order valence-corrected chi connectivity index (χ1v) is 4.76. The number of esters is 1. The Bertz CT molecular complexity index is 403. The van der Waals surface area contributed by atoms with Gasteiger partial charge in [-0.1, -0.05) is 0 Å². The van der Waals surface area contributed by atoms with Gasteiger partial charge in [0, 0.05) is 0 Å². The molecular formula is C9H6BrF3O3. The molecule has 3 nitrogen and oxygen atoms in total. The maximum atomic E-state index is 12.0. The van der Waals surface area contributed by atoms with Gasteiger partial charge in [0.25, 0.3) is 0 Å². The Kier molecular flexibility index (Phi) is 3.79. The zero-order valence-corrected chi connectivity index (χ0v) is 9.55. The van der Waals surface area contributed by atoms with Crippen molar-refractivity contribution in [1.82, 2.24) is 0 Å². The second-order valence-corrected chi connectivity index (χ2v) is 3.54. The van der Waals surface area contributed by atoms with Crippen LogP contribution in [0.5, 0.6) is 5.75 Å². The minimum absolute atomic E-state index is 0.0232. The van der Waals surface area contributed by atoms with E-state index in [1.807, 2.05) is 0 Å². The van der Waals surface area contributed by atoms with Gasteiger partial charge in [-0.3, -0.25) is 0 Å². The summed E-state index contributed by atoms with van der Waals surface area (Å²) in [5.41, 5.74) is -0.0232. The van der Waals surface area contributed by atoms with Gasteiger partial charge in [0.2, 0.25) is 0 Å². The molecule has 0 N–H and O–H groups in total. The molecule has 1 rings (SSSR count). The van der Waals surface area contributed by atoms with Crippen molar-refractivity contribution in [2.45, 2.75) is 6.36 Å². The van der Waals surface area contributed by atoms with Crippen LogP contribution in [0.2, 0.25) is 0 Å². The number of rotatable bonds is 2. The zero-order chi connectivity index (χ0) is 12.3. The van der Waals surface area contributed by atoms with Gasteiger partial charge < -0.3 is 9.47 Å². The highest BCUT2D eigenvalue weighted by molar-refractivity contribution is 9.10. The predicted molar refractivity (Wildman–Crippen MR) is 52.2 cm³/mol. The fourth-order valence-electron chi connectivity index (χ4n) is 0.951. The third-order valence-corrected chi connectivity index (χ3v) is 2.23. The van der Waals surface area contributed by atoms with Crippen LogP contribution < -0.4 is 4.74 Å². The molecule has 0 unspecified atom stereocenters. The summed E-state index contributed by atoms with van der Waals surface area (Å²) < 4.78 is 44.1. The Morgan fingerprint density at radius 3 is 2.50 bits per heavy atom. The highest BCUT2D eigenvalue weighted by Gasteiger charge is 2.32. The fraction of sp³-hybridized carbons (Fsp3) is 0.222. The van der Waals surface area contributed by atoms with E-state index in [9.17, 15) is 18.0 Å². The number of carbonyl (C=O) groups excluding carboxylic acids is 1. The largest absolute Gasteiger partial charge is 0.573 e. The molecule has 1 aromatic carbocycles. The number of methoxy groups -OCH3 is 1. The number of halogens is 4. The lowest BCUT2D eigenvalue weighted by atomic mass is 10.2. The average Bonchev–Trinajstić information content (AvgIpc) is 2.18. The summed E-state index contributed by atoms with van der Waals surface area (Å²) >= 11 is 2.88. The summed E-state index contributed by atoms with van der Waals surface area (Å²) in [4.78, 5) is 11.1. The molecule has 0 aliphatic carbocycles. The maximum absolute atomic E-state index is 12.0. The van der Waals surface area contributed by atoms with E-state index in [1.54, 1.807) is 0 Å². The monoisotopic (exact) mass is 298 g/mol. The van der Waals surface area contributed by atoms with Gasteiger partial charge in [-0.15, -0.1) is 13.2 Å². The number of hydrogen-bond donors (Lipinski definition) is 0. The Hall–Kier alpha value is -1.24. The molecule has 0 aromatic heterocycles. The molecule has 0 amide bonds. The number of carbonyl (C=O) groups is 1. The quantitative estimate of drug-likeness (QED) is 0.787. The predicted octanol–water partition coefficient (Wildman–Crippen LogP) is 3.13. The molecule has 0 spiro atoms. The lowest BCUT2D eigenvalue weighted by Gasteiger charge is -2.11. The number of ether oxygens (including phenoxy) is 2. The van der Waals surface area contributed by atoms with Gasteiger partial charge in [0.05, 0.1) is 17.1 Å². The Balaban J connectivity index is 3.04. The second-order valence-electron chi connectivity index (χ2n) is 2.68. The molecule has 16 heavy (non-hydrogen) atoms. The van der Waals surface area contributed by atoms with Crippen molar-refractivity contribution in [3.05, 3.63) is 28.2 Å². The van der Waals surface area contributed by atoms with Crippen LogP contribution in [-0.4, -0.2) is 19.4 Å². The second kappa shape index (κ2) is 4.73. The fourth-order valence-corrected chi connectivity index (χ4v) is 1.28. The van der Waals surface area contributed by atoms with Crippen LogP contribution in [0.1, 0.15) is 10.4 Å². The first kappa shape index (κ1) is 12.8. The lowest BCUT2D eigenvalue weighted by Crippen LogP contribution is -2.17. The van der Waals surface area contributed by atoms with Crippen LogP contribution in [0.25, 0.3) is 0 Å². The number of benzene rings is 1. The summed E-state index contributed by atoms with van der Waals surface area (Å²) in [5.74, 6) is -1.23. The first-order chi connectivity index (χ1) is 7.33. The molecular weight excluding hydrogens is 293 g/mol. The summed E-state index contributed by atoms with van der Waals surface area (Å²) in [5, 5.41) is 0. The normalized spacial score (nSPS) is 11.1. The van der Waals surface area contributed by atoms with E-state index in [0.717, 1.165) is 13.2 Å². The third-order valence-electron chi connectivity index (χ3n) is 1.58. The van der Waals surface area contributed by atoms with Crippen molar-refractivity contribution in [1.29, 1.82) is 0 Å². The summed E-state index contributed by atoms with van der Waals surface area (Å²) in [7, 11) is 1.13. The summed E-state index contributed by atoms with van der Waals surface area (Å²) in [6.07, 6.45) is -4.81. The molecule has 0 aliphatic heterocycles. The van der Waals surface area contributed by atoms with E-state index in [2.05, 4.69) is 25.4 Å². The highest BCUT2D eigenvalue weighted by atomic mass is 79.9. The standard InChI is InChI=1S/C9H6BrF3O3/c1-15-8(14)5-2-3-6(10)7(4-5)16-9(11,12)13/h2-4H,1H3. The Labute approximate surface area is 97.3 Å². The molecule has 0 fully saturated rings. The first-order valence-electron chi connectivity index (χ1n) is 3.97. The third kappa shape index (κ3) is 3.41. The van der Waals surface area contributed by atoms with E-state index in [0.29, 0.717) is 0 Å². The molecule has 7 heteroatoms. The number of alkyl halides is 3. The molecule has 0 aliphatic rings. The summed E-state index contributed by atoms with van der Waals surface area (Å²) in [6.45, 7) is 0. The molecule has 88 valence electrons. The maximum Gasteiger partial charge on any atom is 0.573 e. The van der Waals surface area contributed by atoms with E-state index < -0.39 is 18.1 Å². The van der Waals surface area contributed by atoms with E-state index in [1.165, 1.54) is 12.1 Å². The van der Waals surface area contributed by atoms with Gasteiger partial charge in [0.1, 0.15) is 5.75 Å². The van der Waals surface area contributed by atoms with Crippen molar-refractivity contribution in [2.24, 2.45) is 0 Å². The van der Waals surface area contributed by atoms with Gasteiger partial charge in [-0.25, -0.2) is 4.79 Å². The van der Waals surface area contributed by atoms with Crippen LogP contribution in [-0.2, 0) is 4.74 Å². The highest BCUT2D eigenvalue weighted by Crippen LogP contribution is 2.31. The van der Waals surface area contributed by atoms with E-state index >= 15 is 0 Å². The molecule has 1 aromatic rings. The minimum atomic E-state index is -4.81. The SMILES string of the molecule is COC(=O)c1ccc(Br)c(OC(F)(F)F)c1. The lowest BCUT2D eigenvalue weighted by molar-refractivity contribution is -0.274. The van der Waals surface area contributed by atoms with Crippen molar-refractivity contribution in [2.75, 3.05) is 7.11 Å². The zero-order valence-electron chi connectivity index (χ0n) is 7.97. The van der Waals surface area contributed by atoms with Crippen molar-refractivity contribution < 1.29 is 27.4 Å². The van der Waals surface area contributed by atoms with Crippen LogP contribution >= 0.6 is 15.9 Å². The van der Waals surface area contributed by atoms with Gasteiger partial charge >= 0.3 is 12.3 Å².